The van der Waals surface area contributed by atoms with Gasteiger partial charge in [0.25, 0.3) is 0 Å². The van der Waals surface area contributed by atoms with Gasteiger partial charge in [0.05, 0.1) is 13.2 Å². The fraction of sp³-hybridized carbons (Fsp3) is 0.571. The molecule has 2 atom stereocenters. The van der Waals surface area contributed by atoms with Crippen molar-refractivity contribution < 1.29 is 14.6 Å². The molecular weight excluding hydrogens is 216 g/mol. The molecule has 1 aliphatic rings. The lowest BCUT2D eigenvalue weighted by Crippen LogP contribution is -2.43. The summed E-state index contributed by atoms with van der Waals surface area (Å²) in [6.45, 7) is 0. The van der Waals surface area contributed by atoms with Crippen LogP contribution >= 0.6 is 0 Å². The fourth-order valence-electron chi connectivity index (χ4n) is 2.65. The number of hydrogen-bond donors (Lipinski definition) is 1. The van der Waals surface area contributed by atoms with E-state index in [2.05, 4.69) is 0 Å². The van der Waals surface area contributed by atoms with Gasteiger partial charge in [-0.25, -0.2) is 0 Å². The molecule has 3 nitrogen and oxygen atoms in total. The summed E-state index contributed by atoms with van der Waals surface area (Å²) >= 11 is 0. The minimum atomic E-state index is -0.848. The average Bonchev–Trinajstić information content (AvgIpc) is 2.39. The molecule has 0 saturated heterocycles. The molecule has 1 aromatic carbocycles. The minimum Gasteiger partial charge on any atom is -0.497 e. The predicted octanol–water partition coefficient (Wildman–Crippen LogP) is 2.47. The van der Waals surface area contributed by atoms with Gasteiger partial charge in [-0.3, -0.25) is 0 Å². The number of ether oxygens (including phenoxy) is 2. The normalized spacial score (nSPS) is 29.0. The second-order valence-electron chi connectivity index (χ2n) is 4.62. The minimum absolute atomic E-state index is 0.107. The highest BCUT2D eigenvalue weighted by molar-refractivity contribution is 5.32. The third kappa shape index (κ3) is 2.31. The van der Waals surface area contributed by atoms with Crippen molar-refractivity contribution in [2.45, 2.75) is 37.4 Å². The molecular formula is C14H20O3. The molecule has 0 radical (unpaired) electrons. The van der Waals surface area contributed by atoms with Crippen LogP contribution in [0.15, 0.2) is 24.3 Å². The van der Waals surface area contributed by atoms with Crippen LogP contribution in [0.4, 0.5) is 0 Å². The largest absolute Gasteiger partial charge is 0.497 e. The molecule has 17 heavy (non-hydrogen) atoms. The maximum absolute atomic E-state index is 10.8. The Labute approximate surface area is 102 Å². The lowest BCUT2D eigenvalue weighted by molar-refractivity contribution is -0.122. The van der Waals surface area contributed by atoms with E-state index in [0.717, 1.165) is 37.0 Å². The van der Waals surface area contributed by atoms with Gasteiger partial charge < -0.3 is 14.6 Å². The van der Waals surface area contributed by atoms with Crippen molar-refractivity contribution in [3.8, 4) is 5.75 Å². The van der Waals surface area contributed by atoms with E-state index in [9.17, 15) is 5.11 Å². The summed E-state index contributed by atoms with van der Waals surface area (Å²) in [5, 5.41) is 10.8. The average molecular weight is 236 g/mol. The lowest BCUT2D eigenvalue weighted by atomic mass is 9.77. The van der Waals surface area contributed by atoms with Crippen LogP contribution in [0.2, 0.25) is 0 Å². The molecule has 1 aromatic rings. The van der Waals surface area contributed by atoms with E-state index in [4.69, 9.17) is 9.47 Å². The maximum Gasteiger partial charge on any atom is 0.118 e. The number of hydrogen-bond acceptors (Lipinski definition) is 3. The quantitative estimate of drug-likeness (QED) is 0.876. The van der Waals surface area contributed by atoms with Crippen LogP contribution in [0, 0.1) is 0 Å². The Bertz CT molecular complexity index is 360. The standard InChI is InChI=1S/C14H20O3/c1-16-12-8-6-11(7-9-12)14(15)10-4-3-5-13(14)17-2/h6-9,13,15H,3-5,10H2,1-2H3. The second kappa shape index (κ2) is 5.07. The van der Waals surface area contributed by atoms with E-state index in [1.54, 1.807) is 14.2 Å². The number of rotatable bonds is 3. The molecule has 2 unspecified atom stereocenters. The first kappa shape index (κ1) is 12.4. The lowest BCUT2D eigenvalue weighted by Gasteiger charge is -2.39. The highest BCUT2D eigenvalue weighted by Crippen LogP contribution is 2.39. The Hall–Kier alpha value is -1.06. The van der Waals surface area contributed by atoms with Gasteiger partial charge in [-0.15, -0.1) is 0 Å². The zero-order valence-corrected chi connectivity index (χ0v) is 10.5. The first-order valence-electron chi connectivity index (χ1n) is 6.10. The predicted molar refractivity (Wildman–Crippen MR) is 66.2 cm³/mol. The highest BCUT2D eigenvalue weighted by atomic mass is 16.5. The molecule has 3 heteroatoms. The molecule has 0 amide bonds. The smallest absolute Gasteiger partial charge is 0.118 e. The van der Waals surface area contributed by atoms with Crippen LogP contribution in [0.25, 0.3) is 0 Å². The van der Waals surface area contributed by atoms with Crippen LogP contribution in [0.1, 0.15) is 31.2 Å². The van der Waals surface area contributed by atoms with Gasteiger partial charge in [0, 0.05) is 7.11 Å². The Morgan fingerprint density at radius 1 is 1.18 bits per heavy atom. The number of methoxy groups -OCH3 is 2. The molecule has 0 heterocycles. The molecule has 94 valence electrons. The Balaban J connectivity index is 2.27. The second-order valence-corrected chi connectivity index (χ2v) is 4.62. The molecule has 2 rings (SSSR count). The van der Waals surface area contributed by atoms with Gasteiger partial charge in [0.1, 0.15) is 11.4 Å². The first-order chi connectivity index (χ1) is 8.20. The molecule has 1 aliphatic carbocycles. The van der Waals surface area contributed by atoms with E-state index < -0.39 is 5.60 Å². The van der Waals surface area contributed by atoms with Crippen LogP contribution in [-0.4, -0.2) is 25.4 Å². The summed E-state index contributed by atoms with van der Waals surface area (Å²) in [5.74, 6) is 0.808. The number of benzene rings is 1. The van der Waals surface area contributed by atoms with Crippen molar-refractivity contribution in [3.63, 3.8) is 0 Å². The van der Waals surface area contributed by atoms with Gasteiger partial charge in [0.2, 0.25) is 0 Å². The molecule has 0 spiro atoms. The molecule has 1 N–H and O–H groups in total. The summed E-state index contributed by atoms with van der Waals surface area (Å²) < 4.78 is 10.6. The summed E-state index contributed by atoms with van der Waals surface area (Å²) in [7, 11) is 3.31. The summed E-state index contributed by atoms with van der Waals surface area (Å²) in [6.07, 6.45) is 3.74. The third-order valence-electron chi connectivity index (χ3n) is 3.68. The van der Waals surface area contributed by atoms with Crippen molar-refractivity contribution in [1.29, 1.82) is 0 Å². The molecule has 0 bridgehead atoms. The van der Waals surface area contributed by atoms with Crippen LogP contribution < -0.4 is 4.74 Å². The van der Waals surface area contributed by atoms with Gasteiger partial charge in [-0.1, -0.05) is 25.0 Å². The van der Waals surface area contributed by atoms with E-state index in [-0.39, 0.29) is 6.10 Å². The van der Waals surface area contributed by atoms with Crippen molar-refractivity contribution in [2.24, 2.45) is 0 Å². The Morgan fingerprint density at radius 2 is 1.88 bits per heavy atom. The van der Waals surface area contributed by atoms with E-state index in [1.807, 2.05) is 24.3 Å². The maximum atomic E-state index is 10.8. The Kier molecular flexibility index (Phi) is 3.69. The summed E-state index contributed by atoms with van der Waals surface area (Å²) in [5.41, 5.74) is 0.0732. The summed E-state index contributed by atoms with van der Waals surface area (Å²) in [4.78, 5) is 0. The van der Waals surface area contributed by atoms with E-state index in [1.165, 1.54) is 0 Å². The number of aliphatic hydroxyl groups is 1. The van der Waals surface area contributed by atoms with Crippen molar-refractivity contribution in [2.75, 3.05) is 14.2 Å². The molecule has 1 saturated carbocycles. The molecule has 0 aliphatic heterocycles. The van der Waals surface area contributed by atoms with Gasteiger partial charge >= 0.3 is 0 Å². The van der Waals surface area contributed by atoms with E-state index >= 15 is 0 Å². The zero-order valence-electron chi connectivity index (χ0n) is 10.5. The third-order valence-corrected chi connectivity index (χ3v) is 3.68. The van der Waals surface area contributed by atoms with Crippen LogP contribution in [0.3, 0.4) is 0 Å². The van der Waals surface area contributed by atoms with Gasteiger partial charge in [0.15, 0.2) is 0 Å². The van der Waals surface area contributed by atoms with Gasteiger partial charge in [-0.05, 0) is 30.5 Å². The fourth-order valence-corrected chi connectivity index (χ4v) is 2.65. The van der Waals surface area contributed by atoms with Crippen LogP contribution in [0.5, 0.6) is 5.75 Å². The molecule has 1 fully saturated rings. The SMILES string of the molecule is COc1ccc(C2(O)CCCCC2OC)cc1. The summed E-state index contributed by atoms with van der Waals surface area (Å²) in [6, 6.07) is 7.62. The topological polar surface area (TPSA) is 38.7 Å². The van der Waals surface area contributed by atoms with Gasteiger partial charge in [-0.2, -0.15) is 0 Å². The Morgan fingerprint density at radius 3 is 2.47 bits per heavy atom. The highest BCUT2D eigenvalue weighted by Gasteiger charge is 2.40. The van der Waals surface area contributed by atoms with Crippen molar-refractivity contribution in [3.05, 3.63) is 29.8 Å². The van der Waals surface area contributed by atoms with Crippen molar-refractivity contribution >= 4 is 0 Å². The van der Waals surface area contributed by atoms with E-state index in [0.29, 0.717) is 0 Å². The first-order valence-corrected chi connectivity index (χ1v) is 6.10. The van der Waals surface area contributed by atoms with Crippen molar-refractivity contribution in [1.82, 2.24) is 0 Å². The monoisotopic (exact) mass is 236 g/mol. The molecule has 0 aromatic heterocycles. The zero-order chi connectivity index (χ0) is 12.3. The van der Waals surface area contributed by atoms with Crippen LogP contribution in [-0.2, 0) is 10.3 Å².